The van der Waals surface area contributed by atoms with Crippen LogP contribution >= 0.6 is 11.6 Å². The van der Waals surface area contributed by atoms with Crippen molar-refractivity contribution in [1.82, 2.24) is 14.5 Å². The van der Waals surface area contributed by atoms with E-state index in [1.807, 2.05) is 0 Å². The van der Waals surface area contributed by atoms with Crippen molar-refractivity contribution in [3.8, 4) is 17.0 Å². The minimum atomic E-state index is -1.16. The maximum Gasteiger partial charge on any atom is 0.337 e. The van der Waals surface area contributed by atoms with E-state index in [0.29, 0.717) is 17.6 Å². The van der Waals surface area contributed by atoms with E-state index in [1.54, 1.807) is 28.8 Å². The van der Waals surface area contributed by atoms with E-state index in [-0.39, 0.29) is 64.1 Å². The number of nitrogens with zero attached hydrogens (tertiary/aromatic N) is 3. The number of rotatable bonds is 10. The smallest absolute Gasteiger partial charge is 0.337 e. The molecule has 0 fully saturated rings. The number of aromatic nitrogens is 3. The summed E-state index contributed by atoms with van der Waals surface area (Å²) in [4.78, 5) is 20.4. The second-order valence-electron chi connectivity index (χ2n) is 9.13. The second kappa shape index (κ2) is 12.0. The van der Waals surface area contributed by atoms with E-state index in [2.05, 4.69) is 9.97 Å². The van der Waals surface area contributed by atoms with E-state index in [9.17, 15) is 14.3 Å². The zero-order valence-corrected chi connectivity index (χ0v) is 22.5. The van der Waals surface area contributed by atoms with Crippen molar-refractivity contribution in [2.75, 3.05) is 13.7 Å². The molecular formula is C30H23ClF3N3O4. The van der Waals surface area contributed by atoms with Crippen LogP contribution in [0.2, 0.25) is 5.02 Å². The van der Waals surface area contributed by atoms with Crippen LogP contribution in [0.4, 0.5) is 13.2 Å². The molecule has 2 aromatic heterocycles. The van der Waals surface area contributed by atoms with Gasteiger partial charge in [0.05, 0.1) is 17.7 Å². The summed E-state index contributed by atoms with van der Waals surface area (Å²) >= 11 is 5.81. The van der Waals surface area contributed by atoms with Crippen molar-refractivity contribution in [2.45, 2.75) is 19.6 Å². The van der Waals surface area contributed by atoms with Gasteiger partial charge in [0.1, 0.15) is 35.4 Å². The van der Waals surface area contributed by atoms with E-state index in [0.717, 1.165) is 18.2 Å². The molecule has 0 saturated carbocycles. The molecule has 0 aliphatic heterocycles. The zero-order chi connectivity index (χ0) is 29.1. The van der Waals surface area contributed by atoms with Crippen LogP contribution in [0.1, 0.15) is 27.3 Å². The first kappa shape index (κ1) is 28.1. The Balaban J connectivity index is 1.48. The average Bonchev–Trinajstić information content (AvgIpc) is 3.30. The monoisotopic (exact) mass is 581 g/mol. The number of hydrogen-bond donors (Lipinski definition) is 1. The fourth-order valence-corrected chi connectivity index (χ4v) is 4.69. The second-order valence-corrected chi connectivity index (χ2v) is 9.56. The maximum atomic E-state index is 15.5. The summed E-state index contributed by atoms with van der Waals surface area (Å²) in [5.41, 5.74) is 1.20. The quantitative estimate of drug-likeness (QED) is 0.198. The summed E-state index contributed by atoms with van der Waals surface area (Å²) in [6.45, 7) is 0.410. The molecule has 2 heterocycles. The van der Waals surface area contributed by atoms with Crippen molar-refractivity contribution < 1.29 is 32.5 Å². The molecule has 0 amide bonds. The standard InChI is InChI=1S/C30H23ClF3N3O4/c1-40-11-10-37-26-6-2-4-21(30(38)39)28(26)36-27(37)15-22-24(33)12-18(13-25(22)34)20-5-3-9-35-29(20)41-16-17-7-8-19(31)14-23(17)32/h2-9,12-14H,10-11,15-16H2,1H3,(H,38,39). The van der Waals surface area contributed by atoms with Crippen molar-refractivity contribution in [3.63, 3.8) is 0 Å². The number of carbonyl (C=O) groups is 1. The molecule has 0 spiro atoms. The van der Waals surface area contributed by atoms with Crippen LogP contribution in [-0.2, 0) is 24.3 Å². The summed E-state index contributed by atoms with van der Waals surface area (Å²) in [6.07, 6.45) is 1.22. The predicted octanol–water partition coefficient (Wildman–Crippen LogP) is 6.68. The first-order chi connectivity index (χ1) is 19.8. The number of carboxylic acids is 1. The highest BCUT2D eigenvalue weighted by molar-refractivity contribution is 6.30. The molecule has 0 aliphatic rings. The molecular weight excluding hydrogens is 559 g/mol. The third kappa shape index (κ3) is 5.89. The van der Waals surface area contributed by atoms with Crippen molar-refractivity contribution >= 4 is 28.6 Å². The lowest BCUT2D eigenvalue weighted by Gasteiger charge is -2.13. The third-order valence-electron chi connectivity index (χ3n) is 6.54. The molecule has 0 radical (unpaired) electrons. The molecule has 7 nitrogen and oxygen atoms in total. The summed E-state index contributed by atoms with van der Waals surface area (Å²) in [6, 6.07) is 14.4. The fourth-order valence-electron chi connectivity index (χ4n) is 4.53. The van der Waals surface area contributed by atoms with E-state index >= 15 is 8.78 Å². The Morgan fingerprint density at radius 3 is 2.51 bits per heavy atom. The summed E-state index contributed by atoms with van der Waals surface area (Å²) < 4.78 is 57.7. The van der Waals surface area contributed by atoms with Crippen LogP contribution in [0.25, 0.3) is 22.2 Å². The van der Waals surface area contributed by atoms with Crippen LogP contribution in [-0.4, -0.2) is 39.3 Å². The molecule has 3 aromatic carbocycles. The van der Waals surface area contributed by atoms with Crippen LogP contribution in [0.15, 0.2) is 66.9 Å². The number of aromatic carboxylic acids is 1. The van der Waals surface area contributed by atoms with Crippen molar-refractivity contribution in [3.05, 3.63) is 112 Å². The molecule has 1 N–H and O–H groups in total. The Morgan fingerprint density at radius 2 is 1.80 bits per heavy atom. The largest absolute Gasteiger partial charge is 0.478 e. The number of halogens is 4. The first-order valence-corrected chi connectivity index (χ1v) is 12.8. The van der Waals surface area contributed by atoms with Crippen LogP contribution in [0, 0.1) is 17.5 Å². The van der Waals surface area contributed by atoms with Gasteiger partial charge in [0.25, 0.3) is 0 Å². The summed E-state index contributed by atoms with van der Waals surface area (Å²) in [5, 5.41) is 9.84. The van der Waals surface area contributed by atoms with E-state index in [1.165, 1.54) is 31.5 Å². The van der Waals surface area contributed by atoms with Crippen molar-refractivity contribution in [2.24, 2.45) is 0 Å². The van der Waals surface area contributed by atoms with Gasteiger partial charge in [0, 0.05) is 48.0 Å². The normalized spacial score (nSPS) is 11.2. The lowest BCUT2D eigenvalue weighted by atomic mass is 10.0. The highest BCUT2D eigenvalue weighted by Gasteiger charge is 2.21. The van der Waals surface area contributed by atoms with Gasteiger partial charge in [0.15, 0.2) is 0 Å². The lowest BCUT2D eigenvalue weighted by molar-refractivity contribution is 0.0699. The minimum Gasteiger partial charge on any atom is -0.478 e. The number of benzene rings is 3. The molecule has 0 aliphatic carbocycles. The molecule has 5 rings (SSSR count). The van der Waals surface area contributed by atoms with Gasteiger partial charge in [-0.05, 0) is 54.1 Å². The molecule has 41 heavy (non-hydrogen) atoms. The number of pyridine rings is 1. The minimum absolute atomic E-state index is 0.0150. The number of ether oxygens (including phenoxy) is 2. The Hall–Kier alpha value is -4.41. The molecule has 5 aromatic rings. The number of hydrogen-bond acceptors (Lipinski definition) is 5. The van der Waals surface area contributed by atoms with Gasteiger partial charge >= 0.3 is 5.97 Å². The SMILES string of the molecule is COCCn1c(Cc2c(F)cc(-c3cccnc3OCc3ccc(Cl)cc3F)cc2F)nc2c(C(=O)O)cccc21. The first-order valence-electron chi connectivity index (χ1n) is 12.5. The van der Waals surface area contributed by atoms with Gasteiger partial charge in [-0.1, -0.05) is 23.7 Å². The maximum absolute atomic E-state index is 15.5. The molecule has 0 bridgehead atoms. The fraction of sp³-hybridized carbons (Fsp3) is 0.167. The Kier molecular flexibility index (Phi) is 8.23. The molecule has 0 unspecified atom stereocenters. The van der Waals surface area contributed by atoms with Gasteiger partial charge in [-0.2, -0.15) is 0 Å². The predicted molar refractivity (Wildman–Crippen MR) is 147 cm³/mol. The van der Waals surface area contributed by atoms with Gasteiger partial charge in [0.2, 0.25) is 5.88 Å². The van der Waals surface area contributed by atoms with Crippen LogP contribution in [0.3, 0.4) is 0 Å². The Bertz CT molecular complexity index is 1740. The number of fused-ring (bicyclic) bond motifs is 1. The number of para-hydroxylation sites is 1. The lowest BCUT2D eigenvalue weighted by Crippen LogP contribution is -2.10. The Labute approximate surface area is 237 Å². The summed E-state index contributed by atoms with van der Waals surface area (Å²) in [7, 11) is 1.52. The van der Waals surface area contributed by atoms with Crippen LogP contribution in [0.5, 0.6) is 5.88 Å². The molecule has 11 heteroatoms. The van der Waals surface area contributed by atoms with E-state index in [4.69, 9.17) is 21.1 Å². The molecule has 0 saturated heterocycles. The summed E-state index contributed by atoms with van der Waals surface area (Å²) in [5.74, 6) is -3.02. The van der Waals surface area contributed by atoms with Gasteiger partial charge in [-0.15, -0.1) is 0 Å². The number of imidazole rings is 1. The van der Waals surface area contributed by atoms with Crippen molar-refractivity contribution in [1.29, 1.82) is 0 Å². The highest BCUT2D eigenvalue weighted by Crippen LogP contribution is 2.32. The van der Waals surface area contributed by atoms with Gasteiger partial charge in [-0.3, -0.25) is 0 Å². The zero-order valence-electron chi connectivity index (χ0n) is 21.7. The molecule has 210 valence electrons. The van der Waals surface area contributed by atoms with Gasteiger partial charge in [-0.25, -0.2) is 27.9 Å². The Morgan fingerprint density at radius 1 is 1.02 bits per heavy atom. The topological polar surface area (TPSA) is 86.5 Å². The average molecular weight is 582 g/mol. The number of methoxy groups -OCH3 is 1. The van der Waals surface area contributed by atoms with E-state index < -0.39 is 23.4 Å². The number of carboxylic acid groups (broad SMARTS) is 1. The van der Waals surface area contributed by atoms with Gasteiger partial charge < -0.3 is 19.1 Å². The third-order valence-corrected chi connectivity index (χ3v) is 6.78. The molecule has 0 atom stereocenters. The highest BCUT2D eigenvalue weighted by atomic mass is 35.5. The van der Waals surface area contributed by atoms with Crippen LogP contribution < -0.4 is 4.74 Å².